The van der Waals surface area contributed by atoms with Gasteiger partial charge in [0.05, 0.1) is 0 Å². The lowest BCUT2D eigenvalue weighted by atomic mass is 9.95. The van der Waals surface area contributed by atoms with Crippen LogP contribution in [-0.2, 0) is 11.3 Å². The first-order chi connectivity index (χ1) is 8.65. The Bertz CT molecular complexity index is 391. The minimum absolute atomic E-state index is 0.0210. The van der Waals surface area contributed by atoms with Gasteiger partial charge < -0.3 is 15.6 Å². The molecule has 3 N–H and O–H groups in total. The van der Waals surface area contributed by atoms with Crippen LogP contribution in [0, 0.1) is 0 Å². The molecule has 1 fully saturated rings. The molecule has 2 rings (SSSR count). The highest BCUT2D eigenvalue weighted by molar-refractivity contribution is 5.76. The van der Waals surface area contributed by atoms with E-state index >= 15 is 0 Å². The van der Waals surface area contributed by atoms with E-state index in [9.17, 15) is 4.79 Å². The smallest absolute Gasteiger partial charge is 0.240 e. The van der Waals surface area contributed by atoms with Gasteiger partial charge in [0.25, 0.3) is 0 Å². The van der Waals surface area contributed by atoms with E-state index in [1.54, 1.807) is 0 Å². The SMILES string of the molecule is CC(N)c1ccn(CC(=O)NC2CCCCC2)c1. The van der Waals surface area contributed by atoms with E-state index in [0.717, 1.165) is 18.4 Å². The monoisotopic (exact) mass is 249 g/mol. The van der Waals surface area contributed by atoms with Crippen LogP contribution in [0.5, 0.6) is 0 Å². The number of hydrogen-bond donors (Lipinski definition) is 2. The van der Waals surface area contributed by atoms with Crippen molar-refractivity contribution in [3.05, 3.63) is 24.0 Å². The van der Waals surface area contributed by atoms with Crippen molar-refractivity contribution >= 4 is 5.91 Å². The summed E-state index contributed by atoms with van der Waals surface area (Å²) in [6.45, 7) is 2.34. The lowest BCUT2D eigenvalue weighted by Crippen LogP contribution is -2.38. The zero-order chi connectivity index (χ0) is 13.0. The minimum atomic E-state index is 0.0210. The molecule has 0 aliphatic heterocycles. The van der Waals surface area contributed by atoms with Crippen molar-refractivity contribution in [2.45, 2.75) is 57.7 Å². The van der Waals surface area contributed by atoms with Crippen LogP contribution in [0.2, 0.25) is 0 Å². The number of nitrogens with one attached hydrogen (secondary N) is 1. The summed E-state index contributed by atoms with van der Waals surface area (Å²) >= 11 is 0. The molecule has 1 aromatic heterocycles. The normalized spacial score (nSPS) is 18.6. The van der Waals surface area contributed by atoms with Gasteiger partial charge >= 0.3 is 0 Å². The summed E-state index contributed by atoms with van der Waals surface area (Å²) in [6.07, 6.45) is 9.91. The van der Waals surface area contributed by atoms with Crippen LogP contribution in [-0.4, -0.2) is 16.5 Å². The standard InChI is InChI=1S/C14H23N3O/c1-11(15)12-7-8-17(9-12)10-14(18)16-13-5-3-2-4-6-13/h7-9,11,13H,2-6,10,15H2,1H3,(H,16,18). The van der Waals surface area contributed by atoms with Crippen LogP contribution >= 0.6 is 0 Å². The van der Waals surface area contributed by atoms with Crippen LogP contribution in [0.1, 0.15) is 50.6 Å². The fourth-order valence-electron chi connectivity index (χ4n) is 2.51. The van der Waals surface area contributed by atoms with E-state index in [1.807, 2.05) is 30.0 Å². The molecular formula is C14H23N3O. The summed E-state index contributed by atoms with van der Waals surface area (Å²) in [5, 5.41) is 3.11. The summed E-state index contributed by atoms with van der Waals surface area (Å²) in [6, 6.07) is 2.38. The maximum atomic E-state index is 11.9. The predicted molar refractivity (Wildman–Crippen MR) is 72.1 cm³/mol. The van der Waals surface area contributed by atoms with Gasteiger partial charge in [-0.15, -0.1) is 0 Å². The van der Waals surface area contributed by atoms with Crippen LogP contribution in [0.25, 0.3) is 0 Å². The van der Waals surface area contributed by atoms with Crippen LogP contribution in [0.3, 0.4) is 0 Å². The average Bonchev–Trinajstić information content (AvgIpc) is 2.78. The Balaban J connectivity index is 1.82. The molecule has 0 saturated heterocycles. The van der Waals surface area contributed by atoms with Crippen molar-refractivity contribution in [2.24, 2.45) is 5.73 Å². The Morgan fingerprint density at radius 3 is 2.83 bits per heavy atom. The topological polar surface area (TPSA) is 60.0 Å². The number of carbonyl (C=O) groups excluding carboxylic acids is 1. The summed E-state index contributed by atoms with van der Waals surface area (Å²) in [5.74, 6) is 0.105. The van der Waals surface area contributed by atoms with Crippen molar-refractivity contribution in [3.8, 4) is 0 Å². The highest BCUT2D eigenvalue weighted by Crippen LogP contribution is 2.17. The lowest BCUT2D eigenvalue weighted by molar-refractivity contribution is -0.122. The van der Waals surface area contributed by atoms with Crippen molar-refractivity contribution in [1.82, 2.24) is 9.88 Å². The Hall–Kier alpha value is -1.29. The predicted octanol–water partition coefficient (Wildman–Crippen LogP) is 1.96. The minimum Gasteiger partial charge on any atom is -0.352 e. The molecule has 18 heavy (non-hydrogen) atoms. The maximum absolute atomic E-state index is 11.9. The van der Waals surface area contributed by atoms with E-state index in [4.69, 9.17) is 5.73 Å². The number of rotatable bonds is 4. The summed E-state index contributed by atoms with van der Waals surface area (Å²) < 4.78 is 1.90. The zero-order valence-corrected chi connectivity index (χ0v) is 11.1. The third-order valence-corrected chi connectivity index (χ3v) is 3.60. The van der Waals surface area contributed by atoms with Crippen LogP contribution in [0.4, 0.5) is 0 Å². The molecule has 0 aromatic carbocycles. The number of aromatic nitrogens is 1. The van der Waals surface area contributed by atoms with Gasteiger partial charge in [0.15, 0.2) is 0 Å². The van der Waals surface area contributed by atoms with Gasteiger partial charge in [-0.05, 0) is 31.4 Å². The zero-order valence-electron chi connectivity index (χ0n) is 11.1. The van der Waals surface area contributed by atoms with E-state index in [2.05, 4.69) is 5.32 Å². The summed E-state index contributed by atoms with van der Waals surface area (Å²) in [4.78, 5) is 11.9. The molecule has 1 aliphatic carbocycles. The van der Waals surface area contributed by atoms with Crippen LogP contribution < -0.4 is 11.1 Å². The van der Waals surface area contributed by atoms with Gasteiger partial charge in [0.2, 0.25) is 5.91 Å². The first-order valence-electron chi connectivity index (χ1n) is 6.86. The molecule has 1 aliphatic rings. The molecule has 100 valence electrons. The van der Waals surface area contributed by atoms with Crippen LogP contribution in [0.15, 0.2) is 18.5 Å². The van der Waals surface area contributed by atoms with Gasteiger partial charge in [-0.3, -0.25) is 4.79 Å². The molecule has 1 saturated carbocycles. The van der Waals surface area contributed by atoms with E-state index in [-0.39, 0.29) is 11.9 Å². The molecule has 0 spiro atoms. The third-order valence-electron chi connectivity index (χ3n) is 3.60. The quantitative estimate of drug-likeness (QED) is 0.857. The third kappa shape index (κ3) is 3.60. The van der Waals surface area contributed by atoms with Gasteiger partial charge in [-0.25, -0.2) is 0 Å². The number of amides is 1. The van der Waals surface area contributed by atoms with Gasteiger partial charge in [0.1, 0.15) is 6.54 Å². The average molecular weight is 249 g/mol. The molecule has 1 unspecified atom stereocenters. The number of hydrogen-bond acceptors (Lipinski definition) is 2. The Morgan fingerprint density at radius 2 is 2.22 bits per heavy atom. The Kier molecular flexibility index (Phi) is 4.42. The second-order valence-electron chi connectivity index (χ2n) is 5.31. The first kappa shape index (κ1) is 13.1. The van der Waals surface area contributed by atoms with Gasteiger partial charge in [-0.2, -0.15) is 0 Å². The van der Waals surface area contributed by atoms with E-state index in [0.29, 0.717) is 12.6 Å². The first-order valence-corrected chi connectivity index (χ1v) is 6.86. The Labute approximate surface area is 109 Å². The Morgan fingerprint density at radius 1 is 1.50 bits per heavy atom. The molecule has 4 nitrogen and oxygen atoms in total. The van der Waals surface area contributed by atoms with Crippen molar-refractivity contribution in [1.29, 1.82) is 0 Å². The maximum Gasteiger partial charge on any atom is 0.240 e. The van der Waals surface area contributed by atoms with Crippen molar-refractivity contribution in [3.63, 3.8) is 0 Å². The summed E-state index contributed by atoms with van der Waals surface area (Å²) in [7, 11) is 0. The van der Waals surface area contributed by atoms with Crippen molar-refractivity contribution in [2.75, 3.05) is 0 Å². The largest absolute Gasteiger partial charge is 0.352 e. The molecule has 1 aromatic rings. The molecular weight excluding hydrogens is 226 g/mol. The molecule has 0 radical (unpaired) electrons. The fraction of sp³-hybridized carbons (Fsp3) is 0.643. The fourth-order valence-corrected chi connectivity index (χ4v) is 2.51. The molecule has 1 heterocycles. The molecule has 0 bridgehead atoms. The second-order valence-corrected chi connectivity index (χ2v) is 5.31. The number of nitrogens with zero attached hydrogens (tertiary/aromatic N) is 1. The molecule has 1 amide bonds. The van der Waals surface area contributed by atoms with Gasteiger partial charge in [-0.1, -0.05) is 19.3 Å². The summed E-state index contributed by atoms with van der Waals surface area (Å²) in [5.41, 5.74) is 6.86. The highest BCUT2D eigenvalue weighted by atomic mass is 16.2. The van der Waals surface area contributed by atoms with E-state index in [1.165, 1.54) is 19.3 Å². The van der Waals surface area contributed by atoms with Gasteiger partial charge in [0, 0.05) is 24.5 Å². The molecule has 4 heteroatoms. The lowest BCUT2D eigenvalue weighted by Gasteiger charge is -2.22. The number of nitrogens with two attached hydrogens (primary N) is 1. The number of carbonyl (C=O) groups is 1. The highest BCUT2D eigenvalue weighted by Gasteiger charge is 2.15. The molecule has 1 atom stereocenters. The van der Waals surface area contributed by atoms with E-state index < -0.39 is 0 Å². The van der Waals surface area contributed by atoms with Crippen molar-refractivity contribution < 1.29 is 4.79 Å². The second kappa shape index (κ2) is 6.05.